The van der Waals surface area contributed by atoms with Crippen LogP contribution in [0.5, 0.6) is 0 Å². The molecule has 1 aliphatic rings. The first-order valence-corrected chi connectivity index (χ1v) is 8.83. The van der Waals surface area contributed by atoms with Crippen molar-refractivity contribution >= 4 is 33.1 Å². The average molecular weight is 317 g/mol. The van der Waals surface area contributed by atoms with Crippen LogP contribution in [0.4, 0.5) is 0 Å². The lowest BCUT2D eigenvalue weighted by molar-refractivity contribution is -0.142. The highest BCUT2D eigenvalue weighted by Crippen LogP contribution is 2.23. The van der Waals surface area contributed by atoms with Crippen molar-refractivity contribution in [1.29, 1.82) is 0 Å². The van der Waals surface area contributed by atoms with Crippen LogP contribution in [-0.4, -0.2) is 36.9 Å². The third-order valence-corrected chi connectivity index (χ3v) is 5.95. The van der Waals surface area contributed by atoms with Crippen LogP contribution < -0.4 is 5.32 Å². The molecule has 1 aromatic heterocycles. The van der Waals surface area contributed by atoms with Gasteiger partial charge in [-0.05, 0) is 23.8 Å². The molecule has 0 bridgehead atoms. The van der Waals surface area contributed by atoms with E-state index in [2.05, 4.69) is 5.32 Å². The Morgan fingerprint density at radius 3 is 2.75 bits per heavy atom. The highest BCUT2D eigenvalue weighted by Gasteiger charge is 2.31. The molecule has 1 fully saturated rings. The molecular formula is C12H15NO5S2. The highest BCUT2D eigenvalue weighted by atomic mass is 32.2. The Morgan fingerprint density at radius 2 is 2.25 bits per heavy atom. The van der Waals surface area contributed by atoms with E-state index in [4.69, 9.17) is 5.11 Å². The summed E-state index contributed by atoms with van der Waals surface area (Å²) in [6, 6.07) is 2.29. The fraction of sp³-hybridized carbons (Fsp3) is 0.500. The molecule has 0 spiro atoms. The fourth-order valence-corrected chi connectivity index (χ4v) is 4.85. The van der Waals surface area contributed by atoms with Gasteiger partial charge in [-0.15, -0.1) is 11.3 Å². The van der Waals surface area contributed by atoms with E-state index < -0.39 is 27.8 Å². The largest absolute Gasteiger partial charge is 0.479 e. The summed E-state index contributed by atoms with van der Waals surface area (Å²) >= 11 is 1.25. The molecule has 8 heteroatoms. The number of carboxylic acids is 1. The molecule has 2 N–H and O–H groups in total. The van der Waals surface area contributed by atoms with Crippen LogP contribution >= 0.6 is 11.3 Å². The summed E-state index contributed by atoms with van der Waals surface area (Å²) < 4.78 is 22.6. The van der Waals surface area contributed by atoms with E-state index >= 15 is 0 Å². The molecule has 1 saturated heterocycles. The third-order valence-electron chi connectivity index (χ3n) is 3.18. The van der Waals surface area contributed by atoms with Gasteiger partial charge < -0.3 is 10.4 Å². The Morgan fingerprint density at radius 1 is 1.50 bits per heavy atom. The van der Waals surface area contributed by atoms with Gasteiger partial charge in [-0.2, -0.15) is 0 Å². The second-order valence-electron chi connectivity index (χ2n) is 4.83. The maximum absolute atomic E-state index is 11.9. The van der Waals surface area contributed by atoms with Gasteiger partial charge in [-0.25, -0.2) is 13.2 Å². The standard InChI is InChI=1S/C12H15NO5S2/c14-10(6-8-3-5-20(17,18)7-8)13-11(12(15)16)9-2-1-4-19-9/h1-2,4,8,11H,3,5-7H2,(H,13,14)(H,15,16). The maximum atomic E-state index is 11.9. The zero-order valence-corrected chi connectivity index (χ0v) is 12.2. The molecular weight excluding hydrogens is 302 g/mol. The van der Waals surface area contributed by atoms with Crippen molar-refractivity contribution in [3.63, 3.8) is 0 Å². The summed E-state index contributed by atoms with van der Waals surface area (Å²) in [7, 11) is -3.02. The van der Waals surface area contributed by atoms with E-state index in [0.29, 0.717) is 11.3 Å². The maximum Gasteiger partial charge on any atom is 0.331 e. The van der Waals surface area contributed by atoms with Gasteiger partial charge in [0.2, 0.25) is 5.91 Å². The second kappa shape index (κ2) is 5.92. The Kier molecular flexibility index (Phi) is 4.44. The number of carbonyl (C=O) groups is 2. The summed E-state index contributed by atoms with van der Waals surface area (Å²) in [5, 5.41) is 13.3. The lowest BCUT2D eigenvalue weighted by atomic mass is 10.0. The molecule has 0 aromatic carbocycles. The van der Waals surface area contributed by atoms with Crippen molar-refractivity contribution in [2.24, 2.45) is 5.92 Å². The topological polar surface area (TPSA) is 101 Å². The first-order chi connectivity index (χ1) is 9.37. The van der Waals surface area contributed by atoms with Crippen molar-refractivity contribution in [3.05, 3.63) is 22.4 Å². The van der Waals surface area contributed by atoms with Gasteiger partial charge in [-0.3, -0.25) is 4.79 Å². The van der Waals surface area contributed by atoms with E-state index in [0.717, 1.165) is 0 Å². The van der Waals surface area contributed by atoms with Gasteiger partial charge in [0.05, 0.1) is 11.5 Å². The van der Waals surface area contributed by atoms with E-state index in [1.807, 2.05) is 0 Å². The van der Waals surface area contributed by atoms with Crippen molar-refractivity contribution in [1.82, 2.24) is 5.32 Å². The molecule has 20 heavy (non-hydrogen) atoms. The third kappa shape index (κ3) is 3.80. The molecule has 2 heterocycles. The molecule has 110 valence electrons. The second-order valence-corrected chi connectivity index (χ2v) is 8.04. The normalized spacial score (nSPS) is 22.3. The molecule has 2 unspecified atom stereocenters. The Balaban J connectivity index is 1.95. The van der Waals surface area contributed by atoms with Gasteiger partial charge in [0.1, 0.15) is 0 Å². The quantitative estimate of drug-likeness (QED) is 0.837. The first kappa shape index (κ1) is 15.0. The van der Waals surface area contributed by atoms with Crippen LogP contribution in [0, 0.1) is 5.92 Å². The molecule has 1 amide bonds. The van der Waals surface area contributed by atoms with Crippen LogP contribution in [0.1, 0.15) is 23.8 Å². The van der Waals surface area contributed by atoms with Crippen LogP contribution in [-0.2, 0) is 19.4 Å². The number of amides is 1. The number of carbonyl (C=O) groups excluding carboxylic acids is 1. The minimum Gasteiger partial charge on any atom is -0.479 e. The number of sulfone groups is 1. The van der Waals surface area contributed by atoms with Crippen molar-refractivity contribution in [2.45, 2.75) is 18.9 Å². The van der Waals surface area contributed by atoms with E-state index in [1.165, 1.54) is 11.3 Å². The van der Waals surface area contributed by atoms with Gasteiger partial charge in [-0.1, -0.05) is 6.07 Å². The molecule has 0 aliphatic carbocycles. The van der Waals surface area contributed by atoms with E-state index in [1.54, 1.807) is 17.5 Å². The van der Waals surface area contributed by atoms with Gasteiger partial charge >= 0.3 is 5.97 Å². The zero-order valence-electron chi connectivity index (χ0n) is 10.6. The Labute approximate surface area is 120 Å². The molecule has 0 saturated carbocycles. The van der Waals surface area contributed by atoms with Crippen LogP contribution in [0.3, 0.4) is 0 Å². The first-order valence-electron chi connectivity index (χ1n) is 6.13. The fourth-order valence-electron chi connectivity index (χ4n) is 2.23. The van der Waals surface area contributed by atoms with Crippen LogP contribution in [0.2, 0.25) is 0 Å². The smallest absolute Gasteiger partial charge is 0.331 e. The molecule has 6 nitrogen and oxygen atoms in total. The summed E-state index contributed by atoms with van der Waals surface area (Å²) in [5.74, 6) is -1.64. The van der Waals surface area contributed by atoms with Gasteiger partial charge in [0, 0.05) is 11.3 Å². The lowest BCUT2D eigenvalue weighted by Gasteiger charge is -2.14. The molecule has 2 atom stereocenters. The lowest BCUT2D eigenvalue weighted by Crippen LogP contribution is -2.34. The number of aliphatic carboxylic acids is 1. The predicted octanol–water partition coefficient (Wildman–Crippen LogP) is 0.815. The highest BCUT2D eigenvalue weighted by molar-refractivity contribution is 7.91. The van der Waals surface area contributed by atoms with E-state index in [-0.39, 0.29) is 23.8 Å². The SMILES string of the molecule is O=C(CC1CCS(=O)(=O)C1)NC(C(=O)O)c1cccs1. The predicted molar refractivity (Wildman–Crippen MR) is 74.2 cm³/mol. The summed E-state index contributed by atoms with van der Waals surface area (Å²) in [6.07, 6.45) is 0.515. The molecule has 1 aliphatic heterocycles. The van der Waals surface area contributed by atoms with Gasteiger partial charge in [0.15, 0.2) is 15.9 Å². The number of hydrogen-bond donors (Lipinski definition) is 2. The number of thiophene rings is 1. The number of hydrogen-bond acceptors (Lipinski definition) is 5. The van der Waals surface area contributed by atoms with Crippen molar-refractivity contribution in [2.75, 3.05) is 11.5 Å². The summed E-state index contributed by atoms with van der Waals surface area (Å²) in [5.41, 5.74) is 0. The number of carboxylic acid groups (broad SMARTS) is 1. The zero-order chi connectivity index (χ0) is 14.8. The van der Waals surface area contributed by atoms with Crippen LogP contribution in [0.25, 0.3) is 0 Å². The summed E-state index contributed by atoms with van der Waals surface area (Å²) in [6.45, 7) is 0. The minimum atomic E-state index is -3.02. The Hall–Kier alpha value is -1.41. The Bertz CT molecular complexity index is 593. The van der Waals surface area contributed by atoms with Crippen LogP contribution in [0.15, 0.2) is 17.5 Å². The molecule has 0 radical (unpaired) electrons. The minimum absolute atomic E-state index is 0.0111. The molecule has 2 rings (SSSR count). The van der Waals surface area contributed by atoms with E-state index in [9.17, 15) is 18.0 Å². The van der Waals surface area contributed by atoms with Crippen molar-refractivity contribution < 1.29 is 23.1 Å². The van der Waals surface area contributed by atoms with Crippen molar-refractivity contribution in [3.8, 4) is 0 Å². The number of rotatable bonds is 5. The summed E-state index contributed by atoms with van der Waals surface area (Å²) in [4.78, 5) is 23.6. The molecule has 1 aromatic rings. The average Bonchev–Trinajstić information content (AvgIpc) is 2.95. The van der Waals surface area contributed by atoms with Gasteiger partial charge in [0.25, 0.3) is 0 Å². The number of nitrogens with one attached hydrogen (secondary N) is 1. The monoisotopic (exact) mass is 317 g/mol.